The van der Waals surface area contributed by atoms with E-state index in [9.17, 15) is 4.79 Å². The van der Waals surface area contributed by atoms with Crippen LogP contribution < -0.4 is 4.74 Å². The molecule has 4 aromatic rings. The average Bonchev–Trinajstić information content (AvgIpc) is 3.22. The summed E-state index contributed by atoms with van der Waals surface area (Å²) in [7, 11) is 1.60. The van der Waals surface area contributed by atoms with Crippen LogP contribution in [0.15, 0.2) is 78.2 Å². The van der Waals surface area contributed by atoms with Gasteiger partial charge in [-0.2, -0.15) is 0 Å². The molecule has 2 heterocycles. The number of ketones is 1. The van der Waals surface area contributed by atoms with Gasteiger partial charge in [-0.3, -0.25) is 14.3 Å². The number of pyridine rings is 1. The normalized spacial score (nSPS) is 10.7. The van der Waals surface area contributed by atoms with E-state index in [1.54, 1.807) is 43.8 Å². The number of thioether (sulfide) groups is 1. The molecule has 0 N–H and O–H groups in total. The minimum Gasteiger partial charge on any atom is -0.497 e. The van der Waals surface area contributed by atoms with Crippen LogP contribution in [0.3, 0.4) is 0 Å². The minimum absolute atomic E-state index is 0.0200. The number of benzene rings is 2. The lowest BCUT2D eigenvalue weighted by molar-refractivity contribution is 0.102. The summed E-state index contributed by atoms with van der Waals surface area (Å²) in [4.78, 5) is 16.7. The van der Waals surface area contributed by atoms with Crippen molar-refractivity contribution in [1.29, 1.82) is 0 Å². The third-order valence-electron chi connectivity index (χ3n) is 4.61. The number of aryl methyl sites for hydroxylation is 1. The Hall–Kier alpha value is -3.45. The van der Waals surface area contributed by atoms with Crippen LogP contribution >= 0.6 is 11.8 Å². The van der Waals surface area contributed by atoms with Crippen molar-refractivity contribution in [1.82, 2.24) is 19.7 Å². The first-order valence-corrected chi connectivity index (χ1v) is 10.4. The topological polar surface area (TPSA) is 69.9 Å². The molecule has 7 heteroatoms. The van der Waals surface area contributed by atoms with E-state index in [4.69, 9.17) is 4.74 Å². The number of hydrogen-bond donors (Lipinski definition) is 0. The number of carbonyl (C=O) groups excluding carboxylic acids is 1. The molecule has 150 valence electrons. The van der Waals surface area contributed by atoms with Crippen LogP contribution in [-0.2, 0) is 0 Å². The van der Waals surface area contributed by atoms with E-state index in [0.29, 0.717) is 16.5 Å². The lowest BCUT2D eigenvalue weighted by Crippen LogP contribution is -2.05. The van der Waals surface area contributed by atoms with Gasteiger partial charge in [0.1, 0.15) is 5.75 Å². The average molecular weight is 417 g/mol. The molecule has 0 bridgehead atoms. The SMILES string of the molecule is COc1ccc(C(=O)CSc2nnc(-c3ccncc3)n2-c2ccc(C)cc2)cc1. The van der Waals surface area contributed by atoms with Crippen LogP contribution in [0, 0.1) is 6.92 Å². The molecule has 6 nitrogen and oxygen atoms in total. The predicted molar refractivity (Wildman–Crippen MR) is 117 cm³/mol. The Morgan fingerprint density at radius 2 is 1.67 bits per heavy atom. The van der Waals surface area contributed by atoms with Crippen LogP contribution in [0.5, 0.6) is 5.75 Å². The monoisotopic (exact) mass is 416 g/mol. The third-order valence-corrected chi connectivity index (χ3v) is 5.54. The van der Waals surface area contributed by atoms with Gasteiger partial charge in [0.25, 0.3) is 0 Å². The van der Waals surface area contributed by atoms with Crippen molar-refractivity contribution in [3.8, 4) is 22.8 Å². The minimum atomic E-state index is 0.0200. The smallest absolute Gasteiger partial charge is 0.196 e. The molecule has 0 aliphatic carbocycles. The van der Waals surface area contributed by atoms with Gasteiger partial charge in [-0.25, -0.2) is 0 Å². The van der Waals surface area contributed by atoms with Gasteiger partial charge in [0.05, 0.1) is 12.9 Å². The zero-order valence-electron chi connectivity index (χ0n) is 16.6. The van der Waals surface area contributed by atoms with Crippen LogP contribution in [0.2, 0.25) is 0 Å². The van der Waals surface area contributed by atoms with E-state index in [2.05, 4.69) is 15.2 Å². The summed E-state index contributed by atoms with van der Waals surface area (Å²) in [6.07, 6.45) is 3.45. The van der Waals surface area contributed by atoms with Gasteiger partial charge in [-0.15, -0.1) is 10.2 Å². The highest BCUT2D eigenvalue weighted by atomic mass is 32.2. The summed E-state index contributed by atoms with van der Waals surface area (Å²) in [6.45, 7) is 2.04. The molecule has 0 amide bonds. The van der Waals surface area contributed by atoms with E-state index < -0.39 is 0 Å². The molecule has 0 spiro atoms. The second-order valence-electron chi connectivity index (χ2n) is 6.65. The first-order valence-electron chi connectivity index (χ1n) is 9.38. The van der Waals surface area contributed by atoms with E-state index >= 15 is 0 Å². The highest BCUT2D eigenvalue weighted by Crippen LogP contribution is 2.28. The van der Waals surface area contributed by atoms with Crippen molar-refractivity contribution < 1.29 is 9.53 Å². The molecule has 0 aliphatic rings. The van der Waals surface area contributed by atoms with Gasteiger partial charge < -0.3 is 4.74 Å². The second-order valence-corrected chi connectivity index (χ2v) is 7.60. The summed E-state index contributed by atoms with van der Waals surface area (Å²) < 4.78 is 7.13. The Labute approximate surface area is 179 Å². The summed E-state index contributed by atoms with van der Waals surface area (Å²) in [5.74, 6) is 1.71. The van der Waals surface area contributed by atoms with Crippen LogP contribution in [-0.4, -0.2) is 38.4 Å². The third kappa shape index (κ3) is 4.26. The first-order chi connectivity index (χ1) is 14.7. The summed E-state index contributed by atoms with van der Waals surface area (Å²) in [5.41, 5.74) is 3.66. The van der Waals surface area contributed by atoms with E-state index in [1.807, 2.05) is 47.9 Å². The predicted octanol–water partition coefficient (Wildman–Crippen LogP) is 4.62. The Bertz CT molecular complexity index is 1140. The molecule has 0 fully saturated rings. The van der Waals surface area contributed by atoms with Crippen LogP contribution in [0.4, 0.5) is 0 Å². The lowest BCUT2D eigenvalue weighted by atomic mass is 10.1. The van der Waals surface area contributed by atoms with Crippen molar-refractivity contribution in [3.63, 3.8) is 0 Å². The molecule has 2 aromatic carbocycles. The largest absolute Gasteiger partial charge is 0.497 e. The van der Waals surface area contributed by atoms with Crippen LogP contribution in [0.1, 0.15) is 15.9 Å². The molecule has 4 rings (SSSR count). The van der Waals surface area contributed by atoms with Crippen LogP contribution in [0.25, 0.3) is 17.1 Å². The van der Waals surface area contributed by atoms with Gasteiger partial charge in [-0.05, 0) is 55.5 Å². The fourth-order valence-corrected chi connectivity index (χ4v) is 3.81. The maximum Gasteiger partial charge on any atom is 0.196 e. The van der Waals surface area contributed by atoms with E-state index in [1.165, 1.54) is 17.3 Å². The Morgan fingerprint density at radius 1 is 0.967 bits per heavy atom. The number of hydrogen-bond acceptors (Lipinski definition) is 6. The summed E-state index contributed by atoms with van der Waals surface area (Å²) >= 11 is 1.37. The zero-order chi connectivity index (χ0) is 20.9. The van der Waals surface area contributed by atoms with Crippen molar-refractivity contribution in [2.24, 2.45) is 0 Å². The zero-order valence-corrected chi connectivity index (χ0v) is 17.5. The highest BCUT2D eigenvalue weighted by molar-refractivity contribution is 7.99. The number of nitrogens with zero attached hydrogens (tertiary/aromatic N) is 4. The maximum atomic E-state index is 12.7. The number of methoxy groups -OCH3 is 1. The molecule has 0 atom stereocenters. The Balaban J connectivity index is 1.63. The van der Waals surface area contributed by atoms with E-state index in [0.717, 1.165) is 17.0 Å². The number of Topliss-reactive ketones (excluding diaryl/α,β-unsaturated/α-hetero) is 1. The molecule has 0 saturated carbocycles. The second kappa shape index (κ2) is 8.92. The van der Waals surface area contributed by atoms with Gasteiger partial charge >= 0.3 is 0 Å². The molecule has 30 heavy (non-hydrogen) atoms. The first kappa shape index (κ1) is 19.8. The molecule has 0 unspecified atom stereocenters. The van der Waals surface area contributed by atoms with Gasteiger partial charge in [-0.1, -0.05) is 29.5 Å². The molecule has 0 aliphatic heterocycles. The standard InChI is InChI=1S/C23H20N4O2S/c1-16-3-7-19(8-4-16)27-22(18-11-13-24-14-12-18)25-26-23(27)30-15-21(28)17-5-9-20(29-2)10-6-17/h3-14H,15H2,1-2H3. The number of aromatic nitrogens is 4. The number of rotatable bonds is 7. The van der Waals surface area contributed by atoms with Gasteiger partial charge in [0.15, 0.2) is 16.8 Å². The molecule has 0 radical (unpaired) electrons. The van der Waals surface area contributed by atoms with Crippen molar-refractivity contribution in [2.45, 2.75) is 12.1 Å². The quantitative estimate of drug-likeness (QED) is 0.323. The highest BCUT2D eigenvalue weighted by Gasteiger charge is 2.17. The lowest BCUT2D eigenvalue weighted by Gasteiger charge is -2.10. The molecule has 0 saturated heterocycles. The Morgan fingerprint density at radius 3 is 2.33 bits per heavy atom. The van der Waals surface area contributed by atoms with Gasteiger partial charge in [0.2, 0.25) is 0 Å². The molecular formula is C23H20N4O2S. The molecule has 2 aromatic heterocycles. The van der Waals surface area contributed by atoms with Crippen molar-refractivity contribution >= 4 is 17.5 Å². The summed E-state index contributed by atoms with van der Waals surface area (Å²) in [5, 5.41) is 9.42. The molecular weight excluding hydrogens is 396 g/mol. The van der Waals surface area contributed by atoms with E-state index in [-0.39, 0.29) is 11.5 Å². The van der Waals surface area contributed by atoms with Gasteiger partial charge in [0, 0.05) is 29.2 Å². The number of carbonyl (C=O) groups is 1. The number of ether oxygens (including phenoxy) is 1. The fourth-order valence-electron chi connectivity index (χ4n) is 2.97. The van der Waals surface area contributed by atoms with Crippen molar-refractivity contribution in [2.75, 3.05) is 12.9 Å². The summed E-state index contributed by atoms with van der Waals surface area (Å²) in [6, 6.07) is 19.0. The van der Waals surface area contributed by atoms with Crippen molar-refractivity contribution in [3.05, 3.63) is 84.2 Å². The Kier molecular flexibility index (Phi) is 5.90. The fraction of sp³-hybridized carbons (Fsp3) is 0.130. The maximum absolute atomic E-state index is 12.7.